The molecule has 1 aromatic carbocycles. The lowest BCUT2D eigenvalue weighted by Gasteiger charge is -2.08. The molecule has 0 aliphatic carbocycles. The van der Waals surface area contributed by atoms with Crippen LogP contribution < -0.4 is 4.72 Å². The molecule has 94 valence electrons. The van der Waals surface area contributed by atoms with Gasteiger partial charge in [-0.05, 0) is 18.2 Å². The molecule has 0 heterocycles. The number of amides is 1. The third-order valence-corrected chi connectivity index (χ3v) is 3.01. The van der Waals surface area contributed by atoms with Gasteiger partial charge in [-0.15, -0.1) is 0 Å². The van der Waals surface area contributed by atoms with Gasteiger partial charge in [-0.3, -0.25) is 0 Å². The van der Waals surface area contributed by atoms with Crippen LogP contribution >= 0.6 is 0 Å². The fourth-order valence-electron chi connectivity index (χ4n) is 1.01. The minimum atomic E-state index is -4.70. The number of hydrogen-bond donors (Lipinski definition) is 2. The first-order valence-corrected chi connectivity index (χ1v) is 5.54. The van der Waals surface area contributed by atoms with Crippen LogP contribution in [0.4, 0.5) is 18.0 Å². The standard InChI is InChI=1S/C8H6F3NO4S/c9-8(10,11)5-2-1-3-6(4-5)17(15,16)12-7(13)14/h1-4,12H,(H,13,14). The van der Waals surface area contributed by atoms with Gasteiger partial charge in [-0.1, -0.05) is 6.07 Å². The van der Waals surface area contributed by atoms with Crippen molar-refractivity contribution in [2.75, 3.05) is 0 Å². The van der Waals surface area contributed by atoms with Gasteiger partial charge in [0.1, 0.15) is 0 Å². The quantitative estimate of drug-likeness (QED) is 0.855. The second-order valence-corrected chi connectivity index (χ2v) is 4.62. The average Bonchev–Trinajstić information content (AvgIpc) is 2.14. The first-order valence-electron chi connectivity index (χ1n) is 4.06. The van der Waals surface area contributed by atoms with E-state index in [0.29, 0.717) is 12.1 Å². The van der Waals surface area contributed by atoms with Gasteiger partial charge < -0.3 is 5.11 Å². The summed E-state index contributed by atoms with van der Waals surface area (Å²) in [7, 11) is -4.49. The Balaban J connectivity index is 3.21. The summed E-state index contributed by atoms with van der Waals surface area (Å²) in [6.07, 6.45) is -6.57. The highest BCUT2D eigenvalue weighted by Gasteiger charge is 2.31. The zero-order chi connectivity index (χ0) is 13.3. The molecule has 0 saturated carbocycles. The molecule has 17 heavy (non-hydrogen) atoms. The van der Waals surface area contributed by atoms with E-state index in [4.69, 9.17) is 5.11 Å². The van der Waals surface area contributed by atoms with Gasteiger partial charge in [0.05, 0.1) is 10.5 Å². The summed E-state index contributed by atoms with van der Waals surface area (Å²) in [5, 5.41) is 8.23. The SMILES string of the molecule is O=C(O)NS(=O)(=O)c1cccc(C(F)(F)F)c1. The van der Waals surface area contributed by atoms with Gasteiger partial charge in [0.2, 0.25) is 0 Å². The second-order valence-electron chi connectivity index (χ2n) is 2.94. The number of benzene rings is 1. The predicted octanol–water partition coefficient (Wildman–Crippen LogP) is 1.66. The van der Waals surface area contributed by atoms with Gasteiger partial charge >= 0.3 is 12.3 Å². The van der Waals surface area contributed by atoms with E-state index in [9.17, 15) is 26.4 Å². The number of halogens is 3. The lowest BCUT2D eigenvalue weighted by molar-refractivity contribution is -0.137. The van der Waals surface area contributed by atoms with Crippen LogP contribution in [0.1, 0.15) is 5.56 Å². The number of hydrogen-bond acceptors (Lipinski definition) is 3. The molecule has 0 spiro atoms. The van der Waals surface area contributed by atoms with Crippen molar-refractivity contribution in [3.63, 3.8) is 0 Å². The van der Waals surface area contributed by atoms with Crippen LogP contribution in [0, 0.1) is 0 Å². The molecule has 0 radical (unpaired) electrons. The summed E-state index contributed by atoms with van der Waals surface area (Å²) in [5.74, 6) is 0. The highest BCUT2D eigenvalue weighted by molar-refractivity contribution is 7.90. The van der Waals surface area contributed by atoms with Gasteiger partial charge in [0, 0.05) is 0 Å². The Labute approximate surface area is 93.9 Å². The van der Waals surface area contributed by atoms with Gasteiger partial charge in [0.15, 0.2) is 0 Å². The molecule has 1 rings (SSSR count). The molecule has 0 saturated heterocycles. The zero-order valence-electron chi connectivity index (χ0n) is 8.02. The Morgan fingerprint density at radius 3 is 2.35 bits per heavy atom. The highest BCUT2D eigenvalue weighted by atomic mass is 32.2. The molecule has 0 bridgehead atoms. The van der Waals surface area contributed by atoms with Crippen LogP contribution in [0.15, 0.2) is 29.2 Å². The van der Waals surface area contributed by atoms with Crippen molar-refractivity contribution in [3.8, 4) is 0 Å². The van der Waals surface area contributed by atoms with Crippen molar-refractivity contribution >= 4 is 16.1 Å². The summed E-state index contributed by atoms with van der Waals surface area (Å²) in [4.78, 5) is 9.39. The summed E-state index contributed by atoms with van der Waals surface area (Å²) in [6, 6.07) is 2.77. The fraction of sp³-hybridized carbons (Fsp3) is 0.125. The van der Waals surface area contributed by atoms with E-state index < -0.39 is 32.8 Å². The maximum Gasteiger partial charge on any atom is 0.418 e. The van der Waals surface area contributed by atoms with E-state index in [2.05, 4.69) is 0 Å². The van der Waals surface area contributed by atoms with Crippen LogP contribution in [0.5, 0.6) is 0 Å². The van der Waals surface area contributed by atoms with Crippen molar-refractivity contribution in [2.24, 2.45) is 0 Å². The van der Waals surface area contributed by atoms with Crippen LogP contribution in [0.3, 0.4) is 0 Å². The van der Waals surface area contributed by atoms with E-state index in [1.807, 2.05) is 0 Å². The lowest BCUT2D eigenvalue weighted by Crippen LogP contribution is -2.29. The summed E-state index contributed by atoms with van der Waals surface area (Å²) < 4.78 is 60.5. The first-order chi connectivity index (χ1) is 7.63. The monoisotopic (exact) mass is 269 g/mol. The van der Waals surface area contributed by atoms with Crippen molar-refractivity contribution in [2.45, 2.75) is 11.1 Å². The normalized spacial score (nSPS) is 12.2. The molecule has 0 atom stereocenters. The summed E-state index contributed by atoms with van der Waals surface area (Å²) >= 11 is 0. The fourth-order valence-corrected chi connectivity index (χ4v) is 1.90. The molecular formula is C8H6F3NO4S. The van der Waals surface area contributed by atoms with E-state index in [1.54, 1.807) is 0 Å². The third kappa shape index (κ3) is 3.34. The van der Waals surface area contributed by atoms with Crippen molar-refractivity contribution in [1.82, 2.24) is 4.72 Å². The first kappa shape index (κ1) is 13.3. The number of carboxylic acid groups (broad SMARTS) is 1. The molecule has 0 fully saturated rings. The molecule has 0 aliphatic heterocycles. The minimum Gasteiger partial charge on any atom is -0.464 e. The van der Waals surface area contributed by atoms with E-state index in [0.717, 1.165) is 16.9 Å². The van der Waals surface area contributed by atoms with E-state index in [-0.39, 0.29) is 0 Å². The van der Waals surface area contributed by atoms with Crippen LogP contribution in [0.2, 0.25) is 0 Å². The molecule has 9 heteroatoms. The highest BCUT2D eigenvalue weighted by Crippen LogP contribution is 2.30. The second kappa shape index (κ2) is 4.24. The smallest absolute Gasteiger partial charge is 0.418 e. The van der Waals surface area contributed by atoms with Gasteiger partial charge in [-0.2, -0.15) is 13.2 Å². The Morgan fingerprint density at radius 2 is 1.88 bits per heavy atom. The maximum atomic E-state index is 12.3. The largest absolute Gasteiger partial charge is 0.464 e. The molecule has 0 aliphatic rings. The van der Waals surface area contributed by atoms with Crippen LogP contribution in [0.25, 0.3) is 0 Å². The molecule has 1 aromatic rings. The molecule has 2 N–H and O–H groups in total. The number of rotatable bonds is 2. The molecule has 0 aromatic heterocycles. The van der Waals surface area contributed by atoms with Crippen molar-refractivity contribution in [1.29, 1.82) is 0 Å². The van der Waals surface area contributed by atoms with Crippen LogP contribution in [-0.2, 0) is 16.2 Å². The predicted molar refractivity (Wildman–Crippen MR) is 49.8 cm³/mol. The summed E-state index contributed by atoms with van der Waals surface area (Å²) in [5.41, 5.74) is -1.18. The number of alkyl halides is 3. The Hall–Kier alpha value is -1.77. The zero-order valence-corrected chi connectivity index (χ0v) is 8.84. The molecule has 5 nitrogen and oxygen atoms in total. The molecule has 0 unspecified atom stereocenters. The minimum absolute atomic E-state index is 0.352. The summed E-state index contributed by atoms with van der Waals surface area (Å²) in [6.45, 7) is 0. The number of carbonyl (C=O) groups is 1. The Bertz CT molecular complexity index is 538. The number of sulfonamides is 1. The van der Waals surface area contributed by atoms with Crippen molar-refractivity contribution < 1.29 is 31.5 Å². The molecule has 1 amide bonds. The maximum absolute atomic E-state index is 12.3. The number of nitrogens with one attached hydrogen (secondary N) is 1. The topological polar surface area (TPSA) is 83.5 Å². The van der Waals surface area contributed by atoms with Gasteiger partial charge in [0.25, 0.3) is 10.0 Å². The Kier molecular flexibility index (Phi) is 3.32. The van der Waals surface area contributed by atoms with Crippen molar-refractivity contribution in [3.05, 3.63) is 29.8 Å². The van der Waals surface area contributed by atoms with Crippen LogP contribution in [-0.4, -0.2) is 19.6 Å². The average molecular weight is 269 g/mol. The molecular weight excluding hydrogens is 263 g/mol. The Morgan fingerprint density at radius 1 is 1.29 bits per heavy atom. The van der Waals surface area contributed by atoms with E-state index >= 15 is 0 Å². The lowest BCUT2D eigenvalue weighted by atomic mass is 10.2. The van der Waals surface area contributed by atoms with Gasteiger partial charge in [-0.25, -0.2) is 17.9 Å². The van der Waals surface area contributed by atoms with E-state index in [1.165, 1.54) is 0 Å². The third-order valence-electron chi connectivity index (χ3n) is 1.69.